The number of halogens is 8. The lowest BCUT2D eigenvalue weighted by atomic mass is 9.92. The number of hydrogen-bond donors (Lipinski definition) is 1. The molecule has 4 aromatic rings. The summed E-state index contributed by atoms with van der Waals surface area (Å²) in [6, 6.07) is 3.52. The average Bonchev–Trinajstić information content (AvgIpc) is 3.64. The van der Waals surface area contributed by atoms with Gasteiger partial charge in [0.05, 0.1) is 28.0 Å². The molecule has 0 radical (unpaired) electrons. The molecule has 2 aromatic carbocycles. The van der Waals surface area contributed by atoms with E-state index in [-0.39, 0.29) is 46.8 Å². The molecule has 5 heterocycles. The number of nitriles is 1. The van der Waals surface area contributed by atoms with E-state index in [1.165, 1.54) is 0 Å². The second-order valence-electron chi connectivity index (χ2n) is 11.9. The van der Waals surface area contributed by atoms with Crippen LogP contribution in [0.5, 0.6) is 6.01 Å². The number of benzene rings is 2. The van der Waals surface area contributed by atoms with Crippen molar-refractivity contribution in [2.75, 3.05) is 50.0 Å². The summed E-state index contributed by atoms with van der Waals surface area (Å²) in [6.07, 6.45) is -8.52. The number of alkyl halides is 6. The maximum Gasteiger partial charge on any atom is 0.417 e. The van der Waals surface area contributed by atoms with Gasteiger partial charge in [-0.1, -0.05) is 6.07 Å². The third-order valence-electron chi connectivity index (χ3n) is 8.97. The Morgan fingerprint density at radius 2 is 1.98 bits per heavy atom. The van der Waals surface area contributed by atoms with Gasteiger partial charge in [0.2, 0.25) is 0 Å². The fourth-order valence-corrected chi connectivity index (χ4v) is 7.92. The molecule has 47 heavy (non-hydrogen) atoms. The van der Waals surface area contributed by atoms with Gasteiger partial charge in [-0.2, -0.15) is 37.2 Å². The van der Waals surface area contributed by atoms with Crippen LogP contribution in [0.4, 0.5) is 45.9 Å². The highest BCUT2D eigenvalue weighted by molar-refractivity contribution is 7.23. The molecule has 3 fully saturated rings. The molecular weight excluding hydrogens is 660 g/mol. The van der Waals surface area contributed by atoms with E-state index in [1.807, 2.05) is 4.90 Å². The molecule has 8 nitrogen and oxygen atoms in total. The van der Waals surface area contributed by atoms with Gasteiger partial charge in [0, 0.05) is 35.8 Å². The maximum absolute atomic E-state index is 16.8. The Morgan fingerprint density at radius 1 is 1.19 bits per heavy atom. The van der Waals surface area contributed by atoms with Gasteiger partial charge in [-0.3, -0.25) is 4.90 Å². The number of nitrogens with zero attached hydrogens (tertiary/aromatic N) is 5. The number of fused-ring (bicyclic) bond motifs is 3. The molecular formula is C30H24F8N6O2S. The Bertz CT molecular complexity index is 1960. The van der Waals surface area contributed by atoms with Crippen molar-refractivity contribution in [2.24, 2.45) is 0 Å². The third kappa shape index (κ3) is 5.26. The van der Waals surface area contributed by atoms with Crippen molar-refractivity contribution >= 4 is 43.1 Å². The third-order valence-corrected chi connectivity index (χ3v) is 10.0. The molecule has 0 saturated carbocycles. The van der Waals surface area contributed by atoms with E-state index in [0.29, 0.717) is 30.4 Å². The van der Waals surface area contributed by atoms with Crippen LogP contribution in [0.2, 0.25) is 0 Å². The van der Waals surface area contributed by atoms with Crippen molar-refractivity contribution < 1.29 is 44.6 Å². The predicted octanol–water partition coefficient (Wildman–Crippen LogP) is 6.65. The predicted molar refractivity (Wildman–Crippen MR) is 156 cm³/mol. The van der Waals surface area contributed by atoms with Gasteiger partial charge in [-0.15, -0.1) is 11.3 Å². The minimum atomic E-state index is -5.22. The number of rotatable bonds is 5. The molecule has 2 atom stereocenters. The molecule has 0 bridgehead atoms. The maximum atomic E-state index is 16.8. The van der Waals surface area contributed by atoms with E-state index >= 15 is 4.39 Å². The zero-order valence-electron chi connectivity index (χ0n) is 24.2. The van der Waals surface area contributed by atoms with Crippen molar-refractivity contribution in [1.82, 2.24) is 14.9 Å². The normalized spacial score (nSPS) is 23.0. The number of hydrogen-bond acceptors (Lipinski definition) is 9. The first-order valence-electron chi connectivity index (χ1n) is 14.5. The Kier molecular flexibility index (Phi) is 7.41. The molecule has 0 amide bonds. The molecule has 3 aliphatic heterocycles. The highest BCUT2D eigenvalue weighted by atomic mass is 32.1. The van der Waals surface area contributed by atoms with Gasteiger partial charge in [-0.25, -0.2) is 13.2 Å². The smallest absolute Gasteiger partial charge is 0.417 e. The molecule has 2 aromatic heterocycles. The van der Waals surface area contributed by atoms with Crippen molar-refractivity contribution in [1.29, 1.82) is 5.26 Å². The van der Waals surface area contributed by atoms with Crippen molar-refractivity contribution in [3.05, 3.63) is 41.0 Å². The minimum absolute atomic E-state index is 0.134. The molecule has 2 unspecified atom stereocenters. The number of thiophene rings is 1. The van der Waals surface area contributed by atoms with Crippen LogP contribution in [0.1, 0.15) is 30.4 Å². The molecule has 0 aliphatic carbocycles. The average molecular weight is 685 g/mol. The number of aromatic nitrogens is 2. The lowest BCUT2D eigenvalue weighted by molar-refractivity contribution is -0.240. The van der Waals surface area contributed by atoms with E-state index in [9.17, 15) is 36.0 Å². The Morgan fingerprint density at radius 3 is 2.70 bits per heavy atom. The molecule has 3 aliphatic rings. The van der Waals surface area contributed by atoms with Crippen molar-refractivity contribution in [3.8, 4) is 23.2 Å². The molecule has 17 heteroatoms. The molecule has 248 valence electrons. The topological polar surface area (TPSA) is 101 Å². The van der Waals surface area contributed by atoms with Crippen LogP contribution >= 0.6 is 11.3 Å². The number of ether oxygens (including phenoxy) is 2. The summed E-state index contributed by atoms with van der Waals surface area (Å²) in [5.74, 6) is -2.87. The monoisotopic (exact) mass is 684 g/mol. The van der Waals surface area contributed by atoms with Gasteiger partial charge in [0.15, 0.2) is 5.82 Å². The first-order chi connectivity index (χ1) is 22.2. The lowest BCUT2D eigenvalue weighted by Gasteiger charge is -2.34. The van der Waals surface area contributed by atoms with E-state index < -0.39 is 88.2 Å². The van der Waals surface area contributed by atoms with Gasteiger partial charge >= 0.3 is 18.3 Å². The standard InChI is InChI=1S/C30H24F8N6O2S/c31-14-9-28(4-1-5-44(28)11-14)13-45-27-41-23-16(26(42-27)43-6-7-46-29(34,35)12-43)8-18(30(36,37)38)21(22(23)33)15-2-3-19(32)24-20(15)17(10-39)25(40)47-24/h2-3,8,14H,1,4-7,9,11-13,40H2. The number of morpholine rings is 1. The second-order valence-corrected chi connectivity index (χ2v) is 12.9. The summed E-state index contributed by atoms with van der Waals surface area (Å²) in [7, 11) is 0. The summed E-state index contributed by atoms with van der Waals surface area (Å²) in [6.45, 7) is -1.17. The van der Waals surface area contributed by atoms with Crippen LogP contribution in [-0.2, 0) is 10.9 Å². The van der Waals surface area contributed by atoms with E-state index in [0.717, 1.165) is 23.5 Å². The van der Waals surface area contributed by atoms with E-state index in [4.69, 9.17) is 10.5 Å². The van der Waals surface area contributed by atoms with E-state index in [2.05, 4.69) is 14.7 Å². The van der Waals surface area contributed by atoms with Crippen molar-refractivity contribution in [2.45, 2.75) is 43.3 Å². The van der Waals surface area contributed by atoms with Crippen LogP contribution in [-0.4, -0.2) is 72.1 Å². The van der Waals surface area contributed by atoms with Gasteiger partial charge in [0.25, 0.3) is 0 Å². The largest absolute Gasteiger partial charge is 0.461 e. The van der Waals surface area contributed by atoms with Crippen LogP contribution in [0, 0.1) is 23.0 Å². The first kappa shape index (κ1) is 31.6. The molecule has 3 saturated heterocycles. The zero-order valence-corrected chi connectivity index (χ0v) is 25.1. The number of nitrogen functional groups attached to an aromatic ring is 1. The van der Waals surface area contributed by atoms with Crippen LogP contribution in [0.3, 0.4) is 0 Å². The minimum Gasteiger partial charge on any atom is -0.461 e. The fraction of sp³-hybridized carbons (Fsp3) is 0.433. The zero-order chi connectivity index (χ0) is 33.5. The summed E-state index contributed by atoms with van der Waals surface area (Å²) in [4.78, 5) is 11.2. The van der Waals surface area contributed by atoms with Gasteiger partial charge in [-0.05, 0) is 37.1 Å². The molecule has 2 N–H and O–H groups in total. The van der Waals surface area contributed by atoms with E-state index in [1.54, 1.807) is 6.07 Å². The Hall–Kier alpha value is -4.01. The summed E-state index contributed by atoms with van der Waals surface area (Å²) >= 11 is 0.622. The molecule has 0 spiro atoms. The van der Waals surface area contributed by atoms with Crippen molar-refractivity contribution in [3.63, 3.8) is 0 Å². The number of nitrogens with two attached hydrogens (primary N) is 1. The highest BCUT2D eigenvalue weighted by Crippen LogP contribution is 2.48. The van der Waals surface area contributed by atoms with Crippen LogP contribution in [0.25, 0.3) is 32.1 Å². The van der Waals surface area contributed by atoms with Crippen LogP contribution < -0.4 is 15.4 Å². The quantitative estimate of drug-likeness (QED) is 0.234. The fourth-order valence-electron chi connectivity index (χ4n) is 6.97. The summed E-state index contributed by atoms with van der Waals surface area (Å²) in [5.41, 5.74) is 1.07. The SMILES string of the molecule is N#Cc1c(N)sc2c(F)ccc(-c3c(C(F)(F)F)cc4c(N5CCOC(F)(F)C5)nc(OCC56CCCN5CC(F)C6)nc4c3F)c12. The summed E-state index contributed by atoms with van der Waals surface area (Å²) in [5, 5.41) is 8.68. The molecule has 7 rings (SSSR count). The first-order valence-corrected chi connectivity index (χ1v) is 15.3. The Balaban J connectivity index is 1.46. The van der Waals surface area contributed by atoms with Gasteiger partial charge in [0.1, 0.15) is 47.5 Å². The van der Waals surface area contributed by atoms with Crippen LogP contribution in [0.15, 0.2) is 18.2 Å². The highest BCUT2D eigenvalue weighted by Gasteiger charge is 2.49. The lowest BCUT2D eigenvalue weighted by Crippen LogP contribution is -2.47. The summed E-state index contributed by atoms with van der Waals surface area (Å²) < 4.78 is 129. The number of anilines is 2. The second kappa shape index (κ2) is 11.0. The Labute approximate surface area is 265 Å². The van der Waals surface area contributed by atoms with Gasteiger partial charge < -0.3 is 20.1 Å².